The molecule has 0 bridgehead atoms. The third kappa shape index (κ3) is 1.43. The molecule has 2 aromatic carbocycles. The van der Waals surface area contributed by atoms with Crippen LogP contribution in [0.1, 0.15) is 27.6 Å². The Labute approximate surface area is 116 Å². The second kappa shape index (κ2) is 3.97. The Hall–Kier alpha value is -2.55. The van der Waals surface area contributed by atoms with Crippen molar-refractivity contribution in [2.45, 2.75) is 6.10 Å². The molecule has 1 atom stereocenters. The van der Waals surface area contributed by atoms with Crippen LogP contribution < -0.4 is 0 Å². The van der Waals surface area contributed by atoms with Gasteiger partial charge in [0, 0.05) is 35.3 Å². The van der Waals surface area contributed by atoms with Crippen molar-refractivity contribution in [1.82, 2.24) is 4.57 Å². The van der Waals surface area contributed by atoms with E-state index in [1.807, 2.05) is 49.6 Å². The first-order valence-corrected chi connectivity index (χ1v) is 6.59. The van der Waals surface area contributed by atoms with Gasteiger partial charge < -0.3 is 9.30 Å². The van der Waals surface area contributed by atoms with Crippen LogP contribution in [-0.2, 0) is 11.8 Å². The van der Waals surface area contributed by atoms with E-state index in [-0.39, 0.29) is 12.1 Å². The zero-order valence-electron chi connectivity index (χ0n) is 11.0. The molecule has 3 nitrogen and oxygen atoms in total. The third-order valence-corrected chi connectivity index (χ3v) is 3.90. The van der Waals surface area contributed by atoms with Crippen LogP contribution in [0.5, 0.6) is 0 Å². The van der Waals surface area contributed by atoms with Crippen molar-refractivity contribution >= 4 is 16.9 Å². The number of aryl methyl sites for hydroxylation is 1. The molecule has 0 spiro atoms. The van der Waals surface area contributed by atoms with E-state index in [2.05, 4.69) is 16.7 Å². The fourth-order valence-electron chi connectivity index (χ4n) is 2.96. The number of hydrogen-bond donors (Lipinski definition) is 0. The minimum Gasteiger partial charge on any atom is -0.449 e. The molecule has 0 fully saturated rings. The van der Waals surface area contributed by atoms with Crippen LogP contribution in [-0.4, -0.2) is 10.5 Å². The van der Waals surface area contributed by atoms with Crippen molar-refractivity contribution in [1.29, 1.82) is 0 Å². The van der Waals surface area contributed by atoms with Gasteiger partial charge in [-0.25, -0.2) is 4.79 Å². The highest BCUT2D eigenvalue weighted by atomic mass is 16.5. The van der Waals surface area contributed by atoms with Gasteiger partial charge in [-0.1, -0.05) is 36.4 Å². The molecular weight excluding hydrogens is 250 g/mol. The predicted molar refractivity (Wildman–Crippen MR) is 76.6 cm³/mol. The van der Waals surface area contributed by atoms with E-state index in [1.165, 1.54) is 0 Å². The number of ether oxygens (including phenoxy) is 1. The average Bonchev–Trinajstić information content (AvgIpc) is 2.99. The van der Waals surface area contributed by atoms with Gasteiger partial charge in [0.15, 0.2) is 6.10 Å². The normalized spacial score (nSPS) is 17.2. The first-order valence-electron chi connectivity index (χ1n) is 6.59. The molecule has 3 heteroatoms. The maximum Gasteiger partial charge on any atom is 0.339 e. The summed E-state index contributed by atoms with van der Waals surface area (Å²) in [5, 5.41) is 1.13. The van der Waals surface area contributed by atoms with Crippen molar-refractivity contribution in [3.8, 4) is 0 Å². The van der Waals surface area contributed by atoms with Crippen LogP contribution in [0.3, 0.4) is 0 Å². The Bertz CT molecular complexity index is 832. The van der Waals surface area contributed by atoms with Crippen LogP contribution in [0.25, 0.3) is 10.9 Å². The summed E-state index contributed by atoms with van der Waals surface area (Å²) in [5.74, 6) is -0.237. The van der Waals surface area contributed by atoms with Crippen LogP contribution in [0, 0.1) is 0 Å². The molecule has 0 radical (unpaired) electrons. The summed E-state index contributed by atoms with van der Waals surface area (Å²) in [4.78, 5) is 12.0. The molecule has 4 rings (SSSR count). The highest BCUT2D eigenvalue weighted by Crippen LogP contribution is 2.39. The molecule has 1 unspecified atom stereocenters. The summed E-state index contributed by atoms with van der Waals surface area (Å²) in [7, 11) is 2.01. The number of esters is 1. The zero-order valence-corrected chi connectivity index (χ0v) is 11.0. The van der Waals surface area contributed by atoms with E-state index < -0.39 is 0 Å². The van der Waals surface area contributed by atoms with Crippen molar-refractivity contribution in [2.75, 3.05) is 0 Å². The SMILES string of the molecule is Cn1cc(C2OC(=O)c3ccccc32)c2ccccc21. The number of fused-ring (bicyclic) bond motifs is 2. The van der Waals surface area contributed by atoms with Gasteiger partial charge in [-0.15, -0.1) is 0 Å². The summed E-state index contributed by atoms with van der Waals surface area (Å²) >= 11 is 0. The Morgan fingerprint density at radius 1 is 1.00 bits per heavy atom. The van der Waals surface area contributed by atoms with E-state index in [9.17, 15) is 4.79 Å². The van der Waals surface area contributed by atoms with E-state index in [0.29, 0.717) is 5.56 Å². The summed E-state index contributed by atoms with van der Waals surface area (Å²) in [6, 6.07) is 15.8. The Morgan fingerprint density at radius 3 is 2.65 bits per heavy atom. The fraction of sp³-hybridized carbons (Fsp3) is 0.118. The minimum atomic E-state index is -0.301. The number of carbonyl (C=O) groups excluding carboxylic acids is 1. The zero-order chi connectivity index (χ0) is 13.7. The van der Waals surface area contributed by atoms with Gasteiger partial charge in [-0.2, -0.15) is 0 Å². The Balaban J connectivity index is 1.96. The first kappa shape index (κ1) is 11.3. The largest absolute Gasteiger partial charge is 0.449 e. The molecule has 0 aliphatic carbocycles. The molecular formula is C17H13NO2. The second-order valence-electron chi connectivity index (χ2n) is 5.09. The van der Waals surface area contributed by atoms with Crippen molar-refractivity contribution in [3.05, 3.63) is 71.4 Å². The van der Waals surface area contributed by atoms with Gasteiger partial charge in [0.05, 0.1) is 5.56 Å². The third-order valence-electron chi connectivity index (χ3n) is 3.90. The van der Waals surface area contributed by atoms with Gasteiger partial charge in [0.1, 0.15) is 0 Å². The van der Waals surface area contributed by atoms with Gasteiger partial charge in [0.25, 0.3) is 0 Å². The van der Waals surface area contributed by atoms with Crippen LogP contribution in [0.4, 0.5) is 0 Å². The molecule has 1 aliphatic rings. The van der Waals surface area contributed by atoms with E-state index in [1.54, 1.807) is 0 Å². The number of aromatic nitrogens is 1. The molecule has 1 aliphatic heterocycles. The number of hydrogen-bond acceptors (Lipinski definition) is 2. The molecule has 98 valence electrons. The lowest BCUT2D eigenvalue weighted by Gasteiger charge is -2.09. The highest BCUT2D eigenvalue weighted by Gasteiger charge is 2.33. The summed E-state index contributed by atoms with van der Waals surface area (Å²) < 4.78 is 7.66. The molecule has 1 aromatic heterocycles. The minimum absolute atomic E-state index is 0.237. The lowest BCUT2D eigenvalue weighted by atomic mass is 9.99. The standard InChI is InChI=1S/C17H13NO2/c1-18-10-14(11-6-4-5-9-15(11)18)16-12-7-2-3-8-13(12)17(19)20-16/h2-10,16H,1H3. The number of cyclic esters (lactones) is 1. The van der Waals surface area contributed by atoms with Gasteiger partial charge >= 0.3 is 5.97 Å². The second-order valence-corrected chi connectivity index (χ2v) is 5.09. The monoisotopic (exact) mass is 263 g/mol. The number of nitrogens with zero attached hydrogens (tertiary/aromatic N) is 1. The van der Waals surface area contributed by atoms with Gasteiger partial charge in [-0.05, 0) is 12.1 Å². The Morgan fingerprint density at radius 2 is 1.75 bits per heavy atom. The fourth-order valence-corrected chi connectivity index (χ4v) is 2.96. The molecule has 3 aromatic rings. The lowest BCUT2D eigenvalue weighted by molar-refractivity contribution is 0.0458. The molecule has 0 amide bonds. The van der Waals surface area contributed by atoms with Crippen molar-refractivity contribution < 1.29 is 9.53 Å². The predicted octanol–water partition coefficient (Wildman–Crippen LogP) is 3.44. The smallest absolute Gasteiger partial charge is 0.339 e. The lowest BCUT2D eigenvalue weighted by Crippen LogP contribution is -2.00. The summed E-state index contributed by atoms with van der Waals surface area (Å²) in [6.07, 6.45) is 1.75. The maximum atomic E-state index is 12.0. The van der Waals surface area contributed by atoms with E-state index >= 15 is 0 Å². The van der Waals surface area contributed by atoms with Crippen LogP contribution in [0.15, 0.2) is 54.7 Å². The summed E-state index contributed by atoms with van der Waals surface area (Å²) in [6.45, 7) is 0. The number of para-hydroxylation sites is 1. The van der Waals surface area contributed by atoms with E-state index in [4.69, 9.17) is 4.74 Å². The van der Waals surface area contributed by atoms with Crippen molar-refractivity contribution in [2.24, 2.45) is 7.05 Å². The Kier molecular flexibility index (Phi) is 2.24. The van der Waals surface area contributed by atoms with Crippen molar-refractivity contribution in [3.63, 3.8) is 0 Å². The van der Waals surface area contributed by atoms with Gasteiger partial charge in [0.2, 0.25) is 0 Å². The van der Waals surface area contributed by atoms with Crippen LogP contribution >= 0.6 is 0 Å². The topological polar surface area (TPSA) is 31.2 Å². The average molecular weight is 263 g/mol. The summed E-state index contributed by atoms with van der Waals surface area (Å²) in [5.41, 5.74) is 3.81. The molecule has 0 saturated heterocycles. The van der Waals surface area contributed by atoms with E-state index in [0.717, 1.165) is 22.0 Å². The molecule has 2 heterocycles. The molecule has 20 heavy (non-hydrogen) atoms. The number of benzene rings is 2. The number of carbonyl (C=O) groups is 1. The first-order chi connectivity index (χ1) is 9.75. The molecule has 0 N–H and O–H groups in total. The van der Waals surface area contributed by atoms with Crippen LogP contribution in [0.2, 0.25) is 0 Å². The highest BCUT2D eigenvalue weighted by molar-refractivity contribution is 5.96. The molecule has 0 saturated carbocycles. The quantitative estimate of drug-likeness (QED) is 0.630. The maximum absolute atomic E-state index is 12.0. The van der Waals surface area contributed by atoms with Gasteiger partial charge in [-0.3, -0.25) is 0 Å². The number of rotatable bonds is 1.